The van der Waals surface area contributed by atoms with Crippen LogP contribution in [0.1, 0.15) is 16.1 Å². The van der Waals surface area contributed by atoms with E-state index in [4.69, 9.17) is 4.42 Å². The number of rotatable bonds is 6. The van der Waals surface area contributed by atoms with Gasteiger partial charge in [-0.2, -0.15) is 5.10 Å². The van der Waals surface area contributed by atoms with E-state index in [-0.39, 0.29) is 11.6 Å². The third kappa shape index (κ3) is 4.75. The lowest BCUT2D eigenvalue weighted by Gasteiger charge is -1.99. The fourth-order valence-electron chi connectivity index (χ4n) is 2.44. The number of fused-ring (bicyclic) bond motifs is 1. The molecule has 0 saturated heterocycles. The first-order valence-corrected chi connectivity index (χ1v) is 10.8. The van der Waals surface area contributed by atoms with E-state index >= 15 is 0 Å². The summed E-state index contributed by atoms with van der Waals surface area (Å²) in [4.78, 5) is 27.0. The number of furan rings is 1. The lowest BCUT2D eigenvalue weighted by Crippen LogP contribution is -2.17. The fraction of sp³-hybridized carbons (Fsp3) is 0. The number of nitrogens with zero attached hydrogens (tertiary/aromatic N) is 3. The van der Waals surface area contributed by atoms with Gasteiger partial charge in [0.2, 0.25) is 0 Å². The van der Waals surface area contributed by atoms with Crippen molar-refractivity contribution in [2.75, 3.05) is 0 Å². The van der Waals surface area contributed by atoms with Crippen molar-refractivity contribution in [3.8, 4) is 0 Å². The van der Waals surface area contributed by atoms with Crippen LogP contribution in [0.2, 0.25) is 0 Å². The van der Waals surface area contributed by atoms with Crippen molar-refractivity contribution < 1.29 is 14.1 Å². The molecule has 0 radical (unpaired) electrons. The van der Waals surface area contributed by atoms with Crippen LogP contribution >= 0.6 is 39.0 Å². The Morgan fingerprint density at radius 3 is 2.93 bits per heavy atom. The van der Waals surface area contributed by atoms with Crippen LogP contribution in [-0.2, 0) is 0 Å². The molecule has 0 spiro atoms. The first kappa shape index (κ1) is 20.3. The molecule has 150 valence electrons. The molecular formula is C19H11BrN4O4S2. The number of nitrogens with one attached hydrogen (secondary N) is 1. The number of carbonyl (C=O) groups is 1. The molecule has 0 aliphatic carbocycles. The molecule has 2 aromatic carbocycles. The minimum Gasteiger partial charge on any atom is -0.448 e. The van der Waals surface area contributed by atoms with Gasteiger partial charge in [-0.25, -0.2) is 10.4 Å². The van der Waals surface area contributed by atoms with Crippen LogP contribution in [0.5, 0.6) is 0 Å². The topological polar surface area (TPSA) is 111 Å². The molecule has 4 rings (SSSR count). The Labute approximate surface area is 186 Å². The van der Waals surface area contributed by atoms with Crippen LogP contribution in [0.3, 0.4) is 0 Å². The third-order valence-electron chi connectivity index (χ3n) is 3.80. The molecule has 1 N–H and O–H groups in total. The highest BCUT2D eigenvalue weighted by atomic mass is 79.9. The summed E-state index contributed by atoms with van der Waals surface area (Å²) in [6, 6.07) is 15.0. The smallest absolute Gasteiger partial charge is 0.271 e. The predicted octanol–water partition coefficient (Wildman–Crippen LogP) is 5.48. The second-order valence-corrected chi connectivity index (χ2v) is 9.06. The van der Waals surface area contributed by atoms with Crippen LogP contribution in [-0.4, -0.2) is 22.0 Å². The van der Waals surface area contributed by atoms with Gasteiger partial charge in [0.25, 0.3) is 11.6 Å². The number of aromatic nitrogens is 1. The molecule has 0 unspecified atom stereocenters. The van der Waals surface area contributed by atoms with Crippen molar-refractivity contribution in [2.24, 2.45) is 5.10 Å². The Morgan fingerprint density at radius 2 is 2.13 bits per heavy atom. The number of benzene rings is 2. The third-order valence-corrected chi connectivity index (χ3v) is 6.29. The van der Waals surface area contributed by atoms with Gasteiger partial charge >= 0.3 is 0 Å². The molecule has 11 heteroatoms. The lowest BCUT2D eigenvalue weighted by molar-refractivity contribution is -0.384. The van der Waals surface area contributed by atoms with E-state index in [2.05, 4.69) is 31.4 Å². The van der Waals surface area contributed by atoms with Crippen molar-refractivity contribution in [1.29, 1.82) is 0 Å². The van der Waals surface area contributed by atoms with Gasteiger partial charge < -0.3 is 4.42 Å². The molecule has 0 atom stereocenters. The highest BCUT2D eigenvalue weighted by molar-refractivity contribution is 9.10. The van der Waals surface area contributed by atoms with Crippen molar-refractivity contribution >= 4 is 67.1 Å². The number of nitro benzene ring substituents is 1. The van der Waals surface area contributed by atoms with Gasteiger partial charge in [-0.3, -0.25) is 14.9 Å². The van der Waals surface area contributed by atoms with Gasteiger partial charge in [0.15, 0.2) is 9.43 Å². The number of thiazole rings is 1. The monoisotopic (exact) mass is 502 g/mol. The molecule has 0 aliphatic rings. The molecule has 0 aliphatic heterocycles. The highest BCUT2D eigenvalue weighted by Crippen LogP contribution is 2.36. The van der Waals surface area contributed by atoms with Crippen LogP contribution in [0, 0.1) is 10.1 Å². The zero-order chi connectivity index (χ0) is 21.1. The molecule has 0 fully saturated rings. The van der Waals surface area contributed by atoms with Gasteiger partial charge in [0, 0.05) is 22.2 Å². The average Bonchev–Trinajstić information content (AvgIpc) is 3.33. The molecule has 4 aromatic rings. The summed E-state index contributed by atoms with van der Waals surface area (Å²) >= 11 is 5.97. The standard InChI is InChI=1S/C19H11BrN4O4S2/c20-12-3-1-2-11(8-12)18(25)23-21-10-14-5-7-17(28-14)30-19-22-15-6-4-13(24(26)27)9-16(15)29-19/h1-10H,(H,23,25). The number of carbonyl (C=O) groups excluding carboxylic acids is 1. The summed E-state index contributed by atoms with van der Waals surface area (Å²) in [5.41, 5.74) is 3.65. The Balaban J connectivity index is 1.40. The lowest BCUT2D eigenvalue weighted by atomic mass is 10.2. The van der Waals surface area contributed by atoms with E-state index in [1.165, 1.54) is 41.4 Å². The first-order valence-electron chi connectivity index (χ1n) is 8.39. The number of halogens is 1. The van der Waals surface area contributed by atoms with Crippen LogP contribution in [0.4, 0.5) is 5.69 Å². The average molecular weight is 503 g/mol. The van der Waals surface area contributed by atoms with E-state index in [0.29, 0.717) is 26.3 Å². The van der Waals surface area contributed by atoms with Crippen molar-refractivity contribution in [2.45, 2.75) is 9.43 Å². The molecule has 0 saturated carbocycles. The SMILES string of the molecule is O=C(NN=Cc1ccc(Sc2nc3ccc([N+](=O)[O-])cc3s2)o1)c1cccc(Br)c1. The molecule has 8 nitrogen and oxygen atoms in total. The van der Waals surface area contributed by atoms with Crippen LogP contribution in [0.25, 0.3) is 10.2 Å². The predicted molar refractivity (Wildman–Crippen MR) is 118 cm³/mol. The minimum atomic E-state index is -0.431. The maximum atomic E-state index is 12.1. The van der Waals surface area contributed by atoms with Crippen LogP contribution in [0.15, 0.2) is 78.0 Å². The minimum absolute atomic E-state index is 0.0316. The Bertz CT molecular complexity index is 1280. The van der Waals surface area contributed by atoms with E-state index in [0.717, 1.165) is 9.17 Å². The molecule has 2 heterocycles. The van der Waals surface area contributed by atoms with E-state index in [9.17, 15) is 14.9 Å². The molecule has 1 amide bonds. The first-order chi connectivity index (χ1) is 14.5. The summed E-state index contributed by atoms with van der Waals surface area (Å²) < 4.78 is 7.90. The number of hydrogen-bond donors (Lipinski definition) is 1. The quantitative estimate of drug-likeness (QED) is 0.212. The number of amides is 1. The molecule has 0 bridgehead atoms. The number of hydrogen-bond acceptors (Lipinski definition) is 8. The number of non-ortho nitro benzene ring substituents is 1. The molecule has 2 aromatic heterocycles. The van der Waals surface area contributed by atoms with Gasteiger partial charge in [-0.05, 0) is 48.2 Å². The van der Waals surface area contributed by atoms with Gasteiger partial charge in [-0.1, -0.05) is 22.0 Å². The summed E-state index contributed by atoms with van der Waals surface area (Å²) in [5, 5.41) is 15.4. The summed E-state index contributed by atoms with van der Waals surface area (Å²) in [7, 11) is 0. The van der Waals surface area contributed by atoms with Crippen molar-refractivity contribution in [3.05, 3.63) is 80.5 Å². The zero-order valence-corrected chi connectivity index (χ0v) is 18.2. The van der Waals surface area contributed by atoms with Crippen molar-refractivity contribution in [3.63, 3.8) is 0 Å². The Kier molecular flexibility index (Phi) is 5.93. The van der Waals surface area contributed by atoms with E-state index < -0.39 is 4.92 Å². The van der Waals surface area contributed by atoms with Gasteiger partial charge in [0.05, 0.1) is 21.4 Å². The normalized spacial score (nSPS) is 11.2. The van der Waals surface area contributed by atoms with E-state index in [1.807, 2.05) is 6.07 Å². The van der Waals surface area contributed by atoms with Gasteiger partial charge in [0.1, 0.15) is 5.76 Å². The second kappa shape index (κ2) is 8.78. The maximum Gasteiger partial charge on any atom is 0.271 e. The van der Waals surface area contributed by atoms with Gasteiger partial charge in [-0.15, -0.1) is 11.3 Å². The fourth-order valence-corrected chi connectivity index (χ4v) is 4.84. The second-order valence-electron chi connectivity index (χ2n) is 5.86. The molecular weight excluding hydrogens is 492 g/mol. The number of nitro groups is 1. The summed E-state index contributed by atoms with van der Waals surface area (Å²) in [6.07, 6.45) is 1.40. The van der Waals surface area contributed by atoms with Crippen LogP contribution < -0.4 is 5.43 Å². The van der Waals surface area contributed by atoms with Crippen molar-refractivity contribution in [1.82, 2.24) is 10.4 Å². The summed E-state index contributed by atoms with van der Waals surface area (Å²) in [5.74, 6) is 0.126. The highest BCUT2D eigenvalue weighted by Gasteiger charge is 2.12. The Hall–Kier alpha value is -3.02. The largest absolute Gasteiger partial charge is 0.448 e. The zero-order valence-electron chi connectivity index (χ0n) is 14.9. The molecule has 30 heavy (non-hydrogen) atoms. The Morgan fingerprint density at radius 1 is 1.27 bits per heavy atom. The summed E-state index contributed by atoms with van der Waals surface area (Å²) in [6.45, 7) is 0. The number of hydrazone groups is 1. The van der Waals surface area contributed by atoms with E-state index in [1.54, 1.807) is 36.4 Å². The maximum absolute atomic E-state index is 12.1.